The lowest BCUT2D eigenvalue weighted by Crippen LogP contribution is -2.46. The van der Waals surface area contributed by atoms with Crippen LogP contribution < -0.4 is 0 Å². The maximum Gasteiger partial charge on any atom is 0.282 e. The van der Waals surface area contributed by atoms with Crippen LogP contribution in [0.1, 0.15) is 41.9 Å². The molecule has 0 spiro atoms. The van der Waals surface area contributed by atoms with Gasteiger partial charge in [-0.05, 0) is 35.7 Å². The molecule has 0 bridgehead atoms. The van der Waals surface area contributed by atoms with E-state index in [0.717, 1.165) is 35.4 Å². The predicted octanol–water partition coefficient (Wildman–Crippen LogP) is 4.32. The molecular formula is C17H24N2O2S3. The summed E-state index contributed by atoms with van der Waals surface area (Å²) in [4.78, 5) is 2.15. The summed E-state index contributed by atoms with van der Waals surface area (Å²) in [5.41, 5.74) is 0. The van der Waals surface area contributed by atoms with Gasteiger partial charge in [-0.25, -0.2) is 0 Å². The number of nitrogens with zero attached hydrogens (tertiary/aromatic N) is 2. The topological polar surface area (TPSA) is 40.6 Å². The average Bonchev–Trinajstić information content (AvgIpc) is 3.28. The standard InChI is InChI=1S/C17H24N2O2S3/c1-18(15-7-3-2-4-8-15)24(20,21)19(13-16-9-5-11-22-16)14-17-10-6-12-23-17/h5-6,9-12,15H,2-4,7-8,13-14H2,1H3. The molecule has 0 unspecified atom stereocenters. The van der Waals surface area contributed by atoms with Gasteiger partial charge < -0.3 is 0 Å². The molecule has 0 amide bonds. The largest absolute Gasteiger partial charge is 0.282 e. The third kappa shape index (κ3) is 4.26. The van der Waals surface area contributed by atoms with Crippen molar-refractivity contribution in [2.75, 3.05) is 7.05 Å². The van der Waals surface area contributed by atoms with Crippen LogP contribution in [0.25, 0.3) is 0 Å². The minimum absolute atomic E-state index is 0.137. The lowest BCUT2D eigenvalue weighted by molar-refractivity contribution is 0.260. The Bertz CT molecular complexity index is 669. The highest BCUT2D eigenvalue weighted by atomic mass is 32.2. The number of hydrogen-bond acceptors (Lipinski definition) is 4. The monoisotopic (exact) mass is 384 g/mol. The van der Waals surface area contributed by atoms with Crippen LogP contribution in [0.3, 0.4) is 0 Å². The van der Waals surface area contributed by atoms with Gasteiger partial charge in [0.05, 0.1) is 0 Å². The molecule has 7 heteroatoms. The fraction of sp³-hybridized carbons (Fsp3) is 0.529. The summed E-state index contributed by atoms with van der Waals surface area (Å²) in [6, 6.07) is 8.09. The molecule has 0 saturated heterocycles. The number of thiophene rings is 2. The van der Waals surface area contributed by atoms with Crippen molar-refractivity contribution in [3.05, 3.63) is 44.8 Å². The molecule has 0 aliphatic heterocycles. The van der Waals surface area contributed by atoms with Crippen molar-refractivity contribution in [1.29, 1.82) is 0 Å². The summed E-state index contributed by atoms with van der Waals surface area (Å²) < 4.78 is 29.7. The van der Waals surface area contributed by atoms with E-state index in [1.807, 2.05) is 35.0 Å². The summed E-state index contributed by atoms with van der Waals surface area (Å²) in [5, 5.41) is 3.99. The molecule has 2 aromatic heterocycles. The molecule has 1 aliphatic carbocycles. The van der Waals surface area contributed by atoms with Gasteiger partial charge in [0.25, 0.3) is 10.2 Å². The molecule has 0 aromatic carbocycles. The molecule has 1 fully saturated rings. The first kappa shape index (κ1) is 18.1. The normalized spacial score (nSPS) is 17.0. The first-order valence-corrected chi connectivity index (χ1v) is 11.5. The molecule has 3 rings (SSSR count). The van der Waals surface area contributed by atoms with Gasteiger partial charge in [0.1, 0.15) is 0 Å². The summed E-state index contributed by atoms with van der Waals surface area (Å²) in [5.74, 6) is 0. The van der Waals surface area contributed by atoms with Crippen molar-refractivity contribution in [3.63, 3.8) is 0 Å². The second-order valence-corrected chi connectivity index (χ2v) is 10.3. The number of rotatable bonds is 7. The minimum Gasteiger partial charge on any atom is -0.195 e. The molecule has 0 atom stereocenters. The molecule has 24 heavy (non-hydrogen) atoms. The van der Waals surface area contributed by atoms with E-state index in [4.69, 9.17) is 0 Å². The first-order chi connectivity index (χ1) is 11.6. The van der Waals surface area contributed by atoms with Crippen molar-refractivity contribution < 1.29 is 8.42 Å². The quantitative estimate of drug-likeness (QED) is 0.713. The van der Waals surface area contributed by atoms with Crippen LogP contribution in [-0.2, 0) is 23.3 Å². The van der Waals surface area contributed by atoms with Gasteiger partial charge in [-0.1, -0.05) is 31.4 Å². The summed E-state index contributed by atoms with van der Waals surface area (Å²) in [6.45, 7) is 0.879. The lowest BCUT2D eigenvalue weighted by Gasteiger charge is -2.34. The van der Waals surface area contributed by atoms with Crippen LogP contribution >= 0.6 is 22.7 Å². The highest BCUT2D eigenvalue weighted by molar-refractivity contribution is 7.86. The van der Waals surface area contributed by atoms with Crippen LogP contribution in [-0.4, -0.2) is 30.1 Å². The smallest absolute Gasteiger partial charge is 0.195 e. The van der Waals surface area contributed by atoms with Crippen LogP contribution in [0.15, 0.2) is 35.0 Å². The summed E-state index contributed by atoms with van der Waals surface area (Å²) in [7, 11) is -1.72. The zero-order valence-corrected chi connectivity index (χ0v) is 16.4. The Morgan fingerprint density at radius 1 is 1.00 bits per heavy atom. The maximum atomic E-state index is 13.2. The van der Waals surface area contributed by atoms with Crippen LogP contribution in [0, 0.1) is 0 Å². The second kappa shape index (κ2) is 8.10. The molecule has 0 N–H and O–H groups in total. The first-order valence-electron chi connectivity index (χ1n) is 8.35. The van der Waals surface area contributed by atoms with Gasteiger partial charge >= 0.3 is 0 Å². The second-order valence-electron chi connectivity index (χ2n) is 6.24. The van der Waals surface area contributed by atoms with Gasteiger partial charge in [0.2, 0.25) is 0 Å². The third-order valence-electron chi connectivity index (χ3n) is 4.60. The van der Waals surface area contributed by atoms with Crippen molar-refractivity contribution in [2.24, 2.45) is 0 Å². The van der Waals surface area contributed by atoms with E-state index >= 15 is 0 Å². The van der Waals surface area contributed by atoms with E-state index in [1.54, 1.807) is 38.3 Å². The Labute approximate surface area is 152 Å². The SMILES string of the molecule is CN(C1CCCCC1)S(=O)(=O)N(Cc1cccs1)Cc1cccs1. The van der Waals surface area contributed by atoms with E-state index in [1.165, 1.54) is 6.42 Å². The highest BCUT2D eigenvalue weighted by Gasteiger charge is 2.33. The molecule has 2 aromatic rings. The molecule has 2 heterocycles. The van der Waals surface area contributed by atoms with Gasteiger partial charge in [0.15, 0.2) is 0 Å². The predicted molar refractivity (Wildman–Crippen MR) is 101 cm³/mol. The molecule has 4 nitrogen and oxygen atoms in total. The Morgan fingerprint density at radius 3 is 2.00 bits per heavy atom. The van der Waals surface area contributed by atoms with Gasteiger partial charge in [-0.15, -0.1) is 22.7 Å². The Kier molecular flexibility index (Phi) is 6.10. The zero-order valence-electron chi connectivity index (χ0n) is 13.9. The van der Waals surface area contributed by atoms with E-state index in [2.05, 4.69) is 0 Å². The van der Waals surface area contributed by atoms with E-state index in [9.17, 15) is 8.42 Å². The summed E-state index contributed by atoms with van der Waals surface area (Å²) in [6.07, 6.45) is 5.42. The van der Waals surface area contributed by atoms with Gasteiger partial charge in [-0.3, -0.25) is 0 Å². The third-order valence-corrected chi connectivity index (χ3v) is 8.26. The van der Waals surface area contributed by atoms with E-state index in [0.29, 0.717) is 13.1 Å². The fourth-order valence-corrected chi connectivity index (χ4v) is 6.35. The van der Waals surface area contributed by atoms with Crippen LogP contribution in [0.2, 0.25) is 0 Å². The molecule has 0 radical (unpaired) electrons. The van der Waals surface area contributed by atoms with Crippen molar-refractivity contribution in [1.82, 2.24) is 8.61 Å². The number of hydrogen-bond donors (Lipinski definition) is 0. The Balaban J connectivity index is 1.81. The zero-order chi connectivity index (χ0) is 17.0. The van der Waals surface area contributed by atoms with E-state index < -0.39 is 10.2 Å². The highest BCUT2D eigenvalue weighted by Crippen LogP contribution is 2.27. The van der Waals surface area contributed by atoms with Crippen molar-refractivity contribution in [3.8, 4) is 0 Å². The molecule has 1 aliphatic rings. The van der Waals surface area contributed by atoms with Crippen LogP contribution in [0.4, 0.5) is 0 Å². The Morgan fingerprint density at radius 2 is 1.54 bits per heavy atom. The average molecular weight is 385 g/mol. The van der Waals surface area contributed by atoms with Crippen LogP contribution in [0.5, 0.6) is 0 Å². The van der Waals surface area contributed by atoms with E-state index in [-0.39, 0.29) is 6.04 Å². The van der Waals surface area contributed by atoms with Crippen molar-refractivity contribution in [2.45, 2.75) is 51.2 Å². The van der Waals surface area contributed by atoms with Crippen molar-refractivity contribution >= 4 is 32.9 Å². The van der Waals surface area contributed by atoms with Gasteiger partial charge in [0, 0.05) is 35.9 Å². The molecule has 1 saturated carbocycles. The van der Waals surface area contributed by atoms with Gasteiger partial charge in [-0.2, -0.15) is 17.0 Å². The molecule has 132 valence electrons. The molecular weight excluding hydrogens is 360 g/mol. The summed E-state index contributed by atoms with van der Waals surface area (Å²) >= 11 is 3.21. The fourth-order valence-electron chi connectivity index (χ4n) is 3.19. The minimum atomic E-state index is -3.47. The lowest BCUT2D eigenvalue weighted by atomic mass is 9.96. The maximum absolute atomic E-state index is 13.2. The Hall–Kier alpha value is -0.730.